The van der Waals surface area contributed by atoms with E-state index in [1.54, 1.807) is 7.11 Å². The Morgan fingerprint density at radius 3 is 2.81 bits per heavy atom. The van der Waals surface area contributed by atoms with Crippen molar-refractivity contribution >= 4 is 5.91 Å². The largest absolute Gasteiger partial charge is 0.390 e. The molecule has 5 nitrogen and oxygen atoms in total. The molecule has 0 aromatic heterocycles. The van der Waals surface area contributed by atoms with Gasteiger partial charge in [-0.1, -0.05) is 6.92 Å². The number of ether oxygens (including phenoxy) is 1. The van der Waals surface area contributed by atoms with Crippen molar-refractivity contribution < 1.29 is 9.53 Å². The lowest BCUT2D eigenvalue weighted by molar-refractivity contribution is -0.117. The molecule has 5 heteroatoms. The molecule has 0 rings (SSSR count). The number of carbonyl (C=O) groups is 1. The lowest BCUT2D eigenvalue weighted by atomic mass is 10.3. The van der Waals surface area contributed by atoms with Crippen LogP contribution in [0.1, 0.15) is 19.8 Å². The molecule has 0 aliphatic carbocycles. The summed E-state index contributed by atoms with van der Waals surface area (Å²) in [6.45, 7) is 3.88. The predicted molar refractivity (Wildman–Crippen MR) is 61.5 cm³/mol. The number of nitrogens with one attached hydrogen (secondary N) is 2. The summed E-state index contributed by atoms with van der Waals surface area (Å²) in [7, 11) is 1.63. The Balaban J connectivity index is 3.92. The van der Waals surface area contributed by atoms with Crippen LogP contribution in [0.25, 0.3) is 0 Å². The molecule has 0 aliphatic rings. The SMILES string of the molecule is CCCNC(=O)/C(C#N)=C\NCCCOC. The van der Waals surface area contributed by atoms with E-state index in [0.717, 1.165) is 12.8 Å². The highest BCUT2D eigenvalue weighted by molar-refractivity contribution is 5.97. The lowest BCUT2D eigenvalue weighted by Crippen LogP contribution is -2.26. The molecule has 0 radical (unpaired) electrons. The fourth-order valence-corrected chi connectivity index (χ4v) is 0.975. The first-order valence-electron chi connectivity index (χ1n) is 5.37. The molecule has 0 spiro atoms. The first-order valence-corrected chi connectivity index (χ1v) is 5.37. The zero-order valence-corrected chi connectivity index (χ0v) is 9.88. The number of nitrogens with zero attached hydrogens (tertiary/aromatic N) is 1. The quantitative estimate of drug-likeness (QED) is 0.359. The number of methoxy groups -OCH3 is 1. The predicted octanol–water partition coefficient (Wildman–Crippen LogP) is 0.546. The smallest absolute Gasteiger partial charge is 0.263 e. The third kappa shape index (κ3) is 6.85. The van der Waals surface area contributed by atoms with Crippen LogP contribution in [0.2, 0.25) is 0 Å². The number of hydrogen-bond donors (Lipinski definition) is 2. The zero-order valence-electron chi connectivity index (χ0n) is 9.88. The fraction of sp³-hybridized carbons (Fsp3) is 0.636. The van der Waals surface area contributed by atoms with Crippen molar-refractivity contribution in [2.75, 3.05) is 26.8 Å². The van der Waals surface area contributed by atoms with E-state index in [0.29, 0.717) is 19.7 Å². The van der Waals surface area contributed by atoms with Gasteiger partial charge in [0.1, 0.15) is 11.6 Å². The fourth-order valence-electron chi connectivity index (χ4n) is 0.975. The summed E-state index contributed by atoms with van der Waals surface area (Å²) in [6, 6.07) is 1.86. The molecule has 0 fully saturated rings. The van der Waals surface area contributed by atoms with Crippen LogP contribution in [0.5, 0.6) is 0 Å². The number of nitriles is 1. The van der Waals surface area contributed by atoms with Crippen LogP contribution >= 0.6 is 0 Å². The average molecular weight is 225 g/mol. The normalized spacial score (nSPS) is 10.7. The van der Waals surface area contributed by atoms with Crippen LogP contribution in [-0.4, -0.2) is 32.7 Å². The Bertz CT molecular complexity index is 269. The number of carbonyl (C=O) groups excluding carboxylic acids is 1. The van der Waals surface area contributed by atoms with Crippen molar-refractivity contribution in [3.8, 4) is 6.07 Å². The highest BCUT2D eigenvalue weighted by Crippen LogP contribution is 1.90. The van der Waals surface area contributed by atoms with Crippen molar-refractivity contribution in [1.29, 1.82) is 5.26 Å². The Morgan fingerprint density at radius 1 is 1.50 bits per heavy atom. The third-order valence-electron chi connectivity index (χ3n) is 1.82. The van der Waals surface area contributed by atoms with Gasteiger partial charge in [-0.3, -0.25) is 4.79 Å². The van der Waals surface area contributed by atoms with Gasteiger partial charge in [-0.15, -0.1) is 0 Å². The Labute approximate surface area is 96.5 Å². The van der Waals surface area contributed by atoms with Crippen molar-refractivity contribution in [2.24, 2.45) is 0 Å². The summed E-state index contributed by atoms with van der Waals surface area (Å²) < 4.78 is 4.87. The molecule has 0 saturated heterocycles. The molecule has 1 amide bonds. The zero-order chi connectivity index (χ0) is 12.2. The minimum Gasteiger partial charge on any atom is -0.390 e. The maximum atomic E-state index is 11.4. The number of rotatable bonds is 8. The van der Waals surface area contributed by atoms with E-state index < -0.39 is 0 Å². The van der Waals surface area contributed by atoms with E-state index in [4.69, 9.17) is 10.00 Å². The minimum absolute atomic E-state index is 0.103. The Morgan fingerprint density at radius 2 is 2.25 bits per heavy atom. The highest BCUT2D eigenvalue weighted by Gasteiger charge is 2.06. The maximum absolute atomic E-state index is 11.4. The topological polar surface area (TPSA) is 74.2 Å². The van der Waals surface area contributed by atoms with Gasteiger partial charge in [0.2, 0.25) is 0 Å². The van der Waals surface area contributed by atoms with Crippen LogP contribution in [-0.2, 0) is 9.53 Å². The molecular weight excluding hydrogens is 206 g/mol. The van der Waals surface area contributed by atoms with Gasteiger partial charge < -0.3 is 15.4 Å². The van der Waals surface area contributed by atoms with Gasteiger partial charge in [0, 0.05) is 33.0 Å². The summed E-state index contributed by atoms with van der Waals surface area (Å²) in [4.78, 5) is 11.4. The van der Waals surface area contributed by atoms with Gasteiger partial charge in [-0.05, 0) is 12.8 Å². The van der Waals surface area contributed by atoms with E-state index in [1.807, 2.05) is 13.0 Å². The minimum atomic E-state index is -0.330. The van der Waals surface area contributed by atoms with Crippen LogP contribution in [0, 0.1) is 11.3 Å². The maximum Gasteiger partial charge on any atom is 0.263 e. The highest BCUT2D eigenvalue weighted by atomic mass is 16.5. The van der Waals surface area contributed by atoms with E-state index in [9.17, 15) is 4.79 Å². The van der Waals surface area contributed by atoms with Gasteiger partial charge >= 0.3 is 0 Å². The van der Waals surface area contributed by atoms with Crippen LogP contribution in [0.4, 0.5) is 0 Å². The van der Waals surface area contributed by atoms with Crippen molar-refractivity contribution in [2.45, 2.75) is 19.8 Å². The second-order valence-electron chi connectivity index (χ2n) is 3.23. The van der Waals surface area contributed by atoms with Crippen LogP contribution < -0.4 is 10.6 Å². The van der Waals surface area contributed by atoms with E-state index >= 15 is 0 Å². The monoisotopic (exact) mass is 225 g/mol. The Kier molecular flexibility index (Phi) is 9.03. The van der Waals surface area contributed by atoms with Gasteiger partial charge in [0.25, 0.3) is 5.91 Å². The molecule has 0 aromatic carbocycles. The molecule has 2 N–H and O–H groups in total. The molecular formula is C11H19N3O2. The molecule has 0 heterocycles. The van der Waals surface area contributed by atoms with Crippen molar-refractivity contribution in [1.82, 2.24) is 10.6 Å². The summed E-state index contributed by atoms with van der Waals surface area (Å²) in [5, 5.41) is 14.3. The molecule has 0 aromatic rings. The van der Waals surface area contributed by atoms with E-state index in [2.05, 4.69) is 10.6 Å². The molecule has 0 saturated carbocycles. The van der Waals surface area contributed by atoms with Crippen LogP contribution in [0.3, 0.4) is 0 Å². The van der Waals surface area contributed by atoms with Gasteiger partial charge in [-0.2, -0.15) is 5.26 Å². The lowest BCUT2D eigenvalue weighted by Gasteiger charge is -2.03. The van der Waals surface area contributed by atoms with Gasteiger partial charge in [0.05, 0.1) is 0 Å². The summed E-state index contributed by atoms with van der Waals surface area (Å²) in [5.41, 5.74) is 0.103. The van der Waals surface area contributed by atoms with Crippen molar-refractivity contribution in [3.63, 3.8) is 0 Å². The molecule has 0 atom stereocenters. The van der Waals surface area contributed by atoms with Crippen LogP contribution in [0.15, 0.2) is 11.8 Å². The number of amides is 1. The molecule has 0 unspecified atom stereocenters. The van der Waals surface area contributed by atoms with Gasteiger partial charge in [0.15, 0.2) is 0 Å². The first kappa shape index (κ1) is 14.5. The molecule has 0 bridgehead atoms. The number of hydrogen-bond acceptors (Lipinski definition) is 4. The Hall–Kier alpha value is -1.54. The third-order valence-corrected chi connectivity index (χ3v) is 1.82. The van der Waals surface area contributed by atoms with E-state index in [-0.39, 0.29) is 11.5 Å². The summed E-state index contributed by atoms with van der Waals surface area (Å²) in [6.07, 6.45) is 3.13. The van der Waals surface area contributed by atoms with Gasteiger partial charge in [-0.25, -0.2) is 0 Å². The first-order chi connectivity index (χ1) is 7.76. The average Bonchev–Trinajstić information content (AvgIpc) is 2.31. The second kappa shape index (κ2) is 9.99. The molecule has 90 valence electrons. The van der Waals surface area contributed by atoms with E-state index in [1.165, 1.54) is 6.20 Å². The second-order valence-corrected chi connectivity index (χ2v) is 3.23. The van der Waals surface area contributed by atoms with Crippen molar-refractivity contribution in [3.05, 3.63) is 11.8 Å². The standard InChI is InChI=1S/C11H19N3O2/c1-3-5-14-11(15)10(8-12)9-13-6-4-7-16-2/h9,13H,3-7H2,1-2H3,(H,14,15)/b10-9-. The summed E-state index contributed by atoms with van der Waals surface area (Å²) in [5.74, 6) is -0.330. The molecule has 16 heavy (non-hydrogen) atoms. The summed E-state index contributed by atoms with van der Waals surface area (Å²) >= 11 is 0. The molecule has 0 aliphatic heterocycles.